The molecule has 0 aliphatic carbocycles. The lowest BCUT2D eigenvalue weighted by atomic mass is 10.2. The average molecular weight is 459 g/mol. The Morgan fingerprint density at radius 1 is 1.24 bits per heavy atom. The van der Waals surface area contributed by atoms with Crippen molar-refractivity contribution in [3.63, 3.8) is 0 Å². The lowest BCUT2D eigenvalue weighted by Gasteiger charge is -2.33. The summed E-state index contributed by atoms with van der Waals surface area (Å²) in [5.74, 6) is -1.33. The summed E-state index contributed by atoms with van der Waals surface area (Å²) in [6.07, 6.45) is -0.109. The maximum absolute atomic E-state index is 12.1. The molecular formula is C19H20Cl2N2O5S. The molecule has 1 aromatic carbocycles. The second kappa shape index (κ2) is 10.4. The molecule has 7 nitrogen and oxygen atoms in total. The van der Waals surface area contributed by atoms with Crippen LogP contribution < -0.4 is 5.32 Å². The standard InChI is InChI=1S/C19H20Cl2N2O5S/c20-14-2-1-12(7-15(14)21)9-23-5-6-27-13(10-23)8-22-17(24)11-29-18-4-3-16(28-18)19(25)26/h1-4,7,13H,5-6,8-11H2,(H,22,24)(H,25,26). The molecule has 1 fully saturated rings. The summed E-state index contributed by atoms with van der Waals surface area (Å²) in [7, 11) is 0. The Labute approximate surface area is 182 Å². The van der Waals surface area contributed by atoms with E-state index >= 15 is 0 Å². The summed E-state index contributed by atoms with van der Waals surface area (Å²) >= 11 is 13.2. The molecule has 0 radical (unpaired) electrons. The van der Waals surface area contributed by atoms with Gasteiger partial charge in [0, 0.05) is 26.2 Å². The second-order valence-corrected chi connectivity index (χ2v) is 8.29. The predicted octanol–water partition coefficient (Wildman–Crippen LogP) is 3.39. The predicted molar refractivity (Wildman–Crippen MR) is 111 cm³/mol. The van der Waals surface area contributed by atoms with Crippen LogP contribution in [-0.2, 0) is 16.1 Å². The zero-order chi connectivity index (χ0) is 20.8. The molecule has 1 atom stereocenters. The first-order chi connectivity index (χ1) is 13.9. The first-order valence-corrected chi connectivity index (χ1v) is 10.7. The van der Waals surface area contributed by atoms with Crippen LogP contribution in [0.15, 0.2) is 39.8 Å². The maximum atomic E-state index is 12.1. The van der Waals surface area contributed by atoms with Crippen molar-refractivity contribution >= 4 is 46.8 Å². The van der Waals surface area contributed by atoms with E-state index in [0.29, 0.717) is 34.8 Å². The highest BCUT2D eigenvalue weighted by Gasteiger charge is 2.21. The Kier molecular flexibility index (Phi) is 7.85. The lowest BCUT2D eigenvalue weighted by molar-refractivity contribution is -0.119. The van der Waals surface area contributed by atoms with E-state index in [9.17, 15) is 9.59 Å². The van der Waals surface area contributed by atoms with Gasteiger partial charge >= 0.3 is 5.97 Å². The molecule has 10 heteroatoms. The molecule has 1 saturated heterocycles. The van der Waals surface area contributed by atoms with Crippen LogP contribution in [0.2, 0.25) is 10.0 Å². The Morgan fingerprint density at radius 2 is 2.07 bits per heavy atom. The summed E-state index contributed by atoms with van der Waals surface area (Å²) in [4.78, 5) is 25.1. The molecule has 2 N–H and O–H groups in total. The largest absolute Gasteiger partial charge is 0.475 e. The number of furan rings is 1. The number of thioether (sulfide) groups is 1. The SMILES string of the molecule is O=C(CSc1ccc(C(=O)O)o1)NCC1CN(Cc2ccc(Cl)c(Cl)c2)CCO1. The zero-order valence-corrected chi connectivity index (χ0v) is 17.7. The van der Waals surface area contributed by atoms with Crippen molar-refractivity contribution in [3.8, 4) is 0 Å². The number of rotatable bonds is 8. The van der Waals surface area contributed by atoms with Crippen molar-refractivity contribution in [2.24, 2.45) is 0 Å². The molecule has 2 aromatic rings. The second-order valence-electron chi connectivity index (χ2n) is 6.49. The summed E-state index contributed by atoms with van der Waals surface area (Å²) in [5, 5.41) is 13.1. The highest BCUT2D eigenvalue weighted by molar-refractivity contribution is 7.99. The molecule has 1 amide bonds. The number of ether oxygens (including phenoxy) is 1. The van der Waals surface area contributed by atoms with Gasteiger partial charge in [-0.3, -0.25) is 9.69 Å². The van der Waals surface area contributed by atoms with E-state index in [1.54, 1.807) is 6.07 Å². The number of amides is 1. The average Bonchev–Trinajstić information content (AvgIpc) is 3.17. The molecule has 2 heterocycles. The number of nitrogens with one attached hydrogen (secondary N) is 1. The number of morpholine rings is 1. The number of benzene rings is 1. The van der Waals surface area contributed by atoms with Crippen molar-refractivity contribution in [2.75, 3.05) is 32.0 Å². The third kappa shape index (κ3) is 6.65. The number of nitrogens with zero attached hydrogens (tertiary/aromatic N) is 1. The minimum atomic E-state index is -1.14. The van der Waals surface area contributed by atoms with Crippen LogP contribution in [0.1, 0.15) is 16.1 Å². The van der Waals surface area contributed by atoms with Crippen LogP contribution in [0.3, 0.4) is 0 Å². The van der Waals surface area contributed by atoms with Gasteiger partial charge in [-0.2, -0.15) is 0 Å². The van der Waals surface area contributed by atoms with Gasteiger partial charge in [0.1, 0.15) is 0 Å². The van der Waals surface area contributed by atoms with Crippen LogP contribution >= 0.6 is 35.0 Å². The van der Waals surface area contributed by atoms with Gasteiger partial charge < -0.3 is 19.6 Å². The minimum absolute atomic E-state index is 0.109. The number of aromatic carboxylic acids is 1. The zero-order valence-electron chi connectivity index (χ0n) is 15.4. The van der Waals surface area contributed by atoms with Crippen molar-refractivity contribution in [1.82, 2.24) is 10.2 Å². The molecule has 1 aliphatic rings. The molecule has 0 bridgehead atoms. The fourth-order valence-corrected chi connectivity index (χ4v) is 3.88. The lowest BCUT2D eigenvalue weighted by Crippen LogP contribution is -2.47. The van der Waals surface area contributed by atoms with Crippen LogP contribution in [0.5, 0.6) is 0 Å². The monoisotopic (exact) mass is 458 g/mol. The molecule has 29 heavy (non-hydrogen) atoms. The van der Waals surface area contributed by atoms with Gasteiger partial charge in [-0.1, -0.05) is 41.0 Å². The van der Waals surface area contributed by atoms with Crippen LogP contribution in [0, 0.1) is 0 Å². The van der Waals surface area contributed by atoms with Crippen LogP contribution in [-0.4, -0.2) is 60.0 Å². The van der Waals surface area contributed by atoms with Crippen molar-refractivity contribution in [1.29, 1.82) is 0 Å². The molecule has 3 rings (SSSR count). The van der Waals surface area contributed by atoms with Gasteiger partial charge in [-0.05, 0) is 29.8 Å². The topological polar surface area (TPSA) is 92.0 Å². The fraction of sp³-hybridized carbons (Fsp3) is 0.368. The summed E-state index contributed by atoms with van der Waals surface area (Å²) in [5.41, 5.74) is 1.07. The molecule has 1 aromatic heterocycles. The number of carboxylic acid groups (broad SMARTS) is 1. The van der Waals surface area contributed by atoms with Gasteiger partial charge in [0.25, 0.3) is 0 Å². The van der Waals surface area contributed by atoms with E-state index < -0.39 is 5.97 Å². The Balaban J connectivity index is 1.40. The molecule has 156 valence electrons. The third-order valence-electron chi connectivity index (χ3n) is 4.28. The number of carbonyl (C=O) groups excluding carboxylic acids is 1. The Bertz CT molecular complexity index is 876. The molecule has 0 spiro atoms. The summed E-state index contributed by atoms with van der Waals surface area (Å²) in [6, 6.07) is 8.49. The number of hydrogen-bond donors (Lipinski definition) is 2. The van der Waals surface area contributed by atoms with E-state index in [4.69, 9.17) is 37.5 Å². The summed E-state index contributed by atoms with van der Waals surface area (Å²) < 4.78 is 10.8. The van der Waals surface area contributed by atoms with E-state index in [1.165, 1.54) is 12.1 Å². The highest BCUT2D eigenvalue weighted by atomic mass is 35.5. The van der Waals surface area contributed by atoms with E-state index in [2.05, 4.69) is 10.2 Å². The van der Waals surface area contributed by atoms with E-state index in [0.717, 1.165) is 30.4 Å². The number of halogens is 2. The van der Waals surface area contributed by atoms with Gasteiger partial charge in [-0.15, -0.1) is 0 Å². The third-order valence-corrected chi connectivity index (χ3v) is 5.93. The maximum Gasteiger partial charge on any atom is 0.371 e. The molecule has 0 saturated carbocycles. The Morgan fingerprint density at radius 3 is 2.79 bits per heavy atom. The van der Waals surface area contributed by atoms with Gasteiger partial charge in [0.05, 0.1) is 28.5 Å². The number of carbonyl (C=O) groups is 2. The van der Waals surface area contributed by atoms with Crippen molar-refractivity contribution in [2.45, 2.75) is 17.7 Å². The number of hydrogen-bond acceptors (Lipinski definition) is 6. The smallest absolute Gasteiger partial charge is 0.371 e. The molecule has 1 aliphatic heterocycles. The Hall–Kier alpha value is -1.71. The first kappa shape index (κ1) is 22.0. The van der Waals surface area contributed by atoms with Crippen LogP contribution in [0.4, 0.5) is 0 Å². The van der Waals surface area contributed by atoms with Crippen molar-refractivity contribution in [3.05, 3.63) is 51.7 Å². The number of carboxylic acids is 1. The molecular weight excluding hydrogens is 439 g/mol. The van der Waals surface area contributed by atoms with Gasteiger partial charge in [0.2, 0.25) is 11.7 Å². The quantitative estimate of drug-likeness (QED) is 0.585. The van der Waals surface area contributed by atoms with E-state index in [1.807, 2.05) is 12.1 Å². The van der Waals surface area contributed by atoms with Crippen LogP contribution in [0.25, 0.3) is 0 Å². The molecule has 1 unspecified atom stereocenters. The first-order valence-electron chi connectivity index (χ1n) is 8.91. The normalized spacial score (nSPS) is 17.2. The van der Waals surface area contributed by atoms with E-state index in [-0.39, 0.29) is 23.5 Å². The highest BCUT2D eigenvalue weighted by Crippen LogP contribution is 2.24. The fourth-order valence-electron chi connectivity index (χ4n) is 2.87. The summed E-state index contributed by atoms with van der Waals surface area (Å²) in [6.45, 7) is 3.19. The van der Waals surface area contributed by atoms with Crippen molar-refractivity contribution < 1.29 is 23.8 Å². The van der Waals surface area contributed by atoms with Gasteiger partial charge in [0.15, 0.2) is 5.09 Å². The van der Waals surface area contributed by atoms with Gasteiger partial charge in [-0.25, -0.2) is 4.79 Å². The minimum Gasteiger partial charge on any atom is -0.475 e.